The highest BCUT2D eigenvalue weighted by molar-refractivity contribution is 7.18. The molecule has 154 valence electrons. The van der Waals surface area contributed by atoms with Crippen molar-refractivity contribution in [2.75, 3.05) is 29.9 Å². The Morgan fingerprint density at radius 3 is 3.00 bits per heavy atom. The molecule has 3 aromatic rings. The van der Waals surface area contributed by atoms with Crippen LogP contribution in [0.4, 0.5) is 11.5 Å². The highest BCUT2D eigenvalue weighted by atomic mass is 32.1. The minimum absolute atomic E-state index is 0.0320. The number of rotatable bonds is 7. The van der Waals surface area contributed by atoms with Gasteiger partial charge in [-0.2, -0.15) is 0 Å². The molecule has 0 spiro atoms. The van der Waals surface area contributed by atoms with E-state index in [2.05, 4.69) is 26.7 Å². The minimum Gasteiger partial charge on any atom is -0.359 e. The smallest absolute Gasteiger partial charge is 0.252 e. The van der Waals surface area contributed by atoms with Crippen molar-refractivity contribution >= 4 is 44.9 Å². The fraction of sp³-hybridized carbons (Fsp3) is 0.364. The predicted molar refractivity (Wildman–Crippen MR) is 118 cm³/mol. The lowest BCUT2D eigenvalue weighted by atomic mass is 10.1. The highest BCUT2D eigenvalue weighted by Crippen LogP contribution is 2.35. The van der Waals surface area contributed by atoms with E-state index >= 15 is 0 Å². The Morgan fingerprint density at radius 2 is 2.17 bits per heavy atom. The first kappa shape index (κ1) is 19.0. The van der Waals surface area contributed by atoms with Gasteiger partial charge in [-0.15, -0.1) is 11.3 Å². The molecule has 5 rings (SSSR count). The molecule has 1 fully saturated rings. The third-order valence-electron chi connectivity index (χ3n) is 5.46. The zero-order valence-electron chi connectivity index (χ0n) is 16.6. The number of thiazole rings is 1. The number of carbonyl (C=O) groups is 2. The van der Waals surface area contributed by atoms with Gasteiger partial charge in [0.25, 0.3) is 5.91 Å². The lowest BCUT2D eigenvalue weighted by Gasteiger charge is -2.29. The first-order valence-corrected chi connectivity index (χ1v) is 11.2. The normalized spacial score (nSPS) is 15.7. The fourth-order valence-corrected chi connectivity index (χ4v) is 4.65. The molecule has 0 unspecified atom stereocenters. The summed E-state index contributed by atoms with van der Waals surface area (Å²) in [5, 5.41) is 7.09. The van der Waals surface area contributed by atoms with Gasteiger partial charge in [0.1, 0.15) is 5.82 Å². The van der Waals surface area contributed by atoms with Gasteiger partial charge >= 0.3 is 0 Å². The zero-order valence-corrected chi connectivity index (χ0v) is 17.4. The molecule has 1 aliphatic carbocycles. The summed E-state index contributed by atoms with van der Waals surface area (Å²) >= 11 is 1.70. The van der Waals surface area contributed by atoms with Crippen molar-refractivity contribution < 1.29 is 9.59 Å². The number of aromatic nitrogens is 2. The summed E-state index contributed by atoms with van der Waals surface area (Å²) in [7, 11) is 0. The monoisotopic (exact) mass is 421 g/mol. The molecule has 30 heavy (non-hydrogen) atoms. The van der Waals surface area contributed by atoms with Gasteiger partial charge in [-0.05, 0) is 43.4 Å². The minimum atomic E-state index is -0.168. The molecule has 0 atom stereocenters. The SMILES string of the molecule is O=C(NCCCc1nc2ccccc2s1)c1cnc2c(c1)N(CC1CC1)C(=O)CN2. The van der Waals surface area contributed by atoms with Gasteiger partial charge < -0.3 is 15.5 Å². The maximum absolute atomic E-state index is 12.6. The number of aryl methyl sites for hydroxylation is 1. The van der Waals surface area contributed by atoms with Crippen molar-refractivity contribution in [2.45, 2.75) is 25.7 Å². The number of benzene rings is 1. The maximum atomic E-state index is 12.6. The van der Waals surface area contributed by atoms with Crippen LogP contribution >= 0.6 is 11.3 Å². The molecule has 2 amide bonds. The van der Waals surface area contributed by atoms with Crippen LogP contribution in [0.2, 0.25) is 0 Å². The van der Waals surface area contributed by atoms with Crippen molar-refractivity contribution in [1.29, 1.82) is 0 Å². The molecule has 0 saturated heterocycles. The second-order valence-electron chi connectivity index (χ2n) is 7.83. The summed E-state index contributed by atoms with van der Waals surface area (Å²) in [5.74, 6) is 1.10. The average molecular weight is 422 g/mol. The van der Waals surface area contributed by atoms with E-state index in [0.29, 0.717) is 36.1 Å². The molecular weight excluding hydrogens is 398 g/mol. The molecule has 0 bridgehead atoms. The number of hydrogen-bond donors (Lipinski definition) is 2. The predicted octanol–water partition coefficient (Wildman–Crippen LogP) is 3.22. The third-order valence-corrected chi connectivity index (χ3v) is 6.55. The molecule has 2 N–H and O–H groups in total. The Kier molecular flexibility index (Phi) is 5.08. The molecule has 3 heterocycles. The van der Waals surface area contributed by atoms with Crippen LogP contribution in [0.3, 0.4) is 0 Å². The van der Waals surface area contributed by atoms with Crippen LogP contribution in [0.1, 0.15) is 34.6 Å². The quantitative estimate of drug-likeness (QED) is 0.572. The Bertz CT molecular complexity index is 1070. The van der Waals surface area contributed by atoms with E-state index < -0.39 is 0 Å². The Labute approximate surface area is 178 Å². The molecule has 8 heteroatoms. The van der Waals surface area contributed by atoms with Crippen LogP contribution in [0, 0.1) is 5.92 Å². The van der Waals surface area contributed by atoms with E-state index in [1.165, 1.54) is 4.70 Å². The van der Waals surface area contributed by atoms with Crippen molar-refractivity contribution in [3.8, 4) is 0 Å². The first-order valence-electron chi connectivity index (χ1n) is 10.3. The van der Waals surface area contributed by atoms with Crippen molar-refractivity contribution in [2.24, 2.45) is 5.92 Å². The number of hydrogen-bond acceptors (Lipinski definition) is 6. The van der Waals surface area contributed by atoms with Gasteiger partial charge in [-0.3, -0.25) is 9.59 Å². The van der Waals surface area contributed by atoms with Crippen LogP contribution in [0.25, 0.3) is 10.2 Å². The summed E-state index contributed by atoms with van der Waals surface area (Å²) in [5.41, 5.74) is 2.21. The van der Waals surface area contributed by atoms with Crippen molar-refractivity contribution in [3.63, 3.8) is 0 Å². The van der Waals surface area contributed by atoms with Crippen LogP contribution < -0.4 is 15.5 Å². The van der Waals surface area contributed by atoms with E-state index in [4.69, 9.17) is 0 Å². The molecular formula is C22H23N5O2S. The fourth-order valence-electron chi connectivity index (χ4n) is 3.64. The van der Waals surface area contributed by atoms with Crippen molar-refractivity contribution in [3.05, 3.63) is 47.1 Å². The summed E-state index contributed by atoms with van der Waals surface area (Å²) in [4.78, 5) is 35.7. The van der Waals surface area contributed by atoms with Gasteiger partial charge in [0, 0.05) is 25.7 Å². The van der Waals surface area contributed by atoms with Crippen LogP contribution in [0.15, 0.2) is 36.5 Å². The Morgan fingerprint density at radius 1 is 1.30 bits per heavy atom. The van der Waals surface area contributed by atoms with Crippen molar-refractivity contribution in [1.82, 2.24) is 15.3 Å². The summed E-state index contributed by atoms with van der Waals surface area (Å²) < 4.78 is 1.19. The molecule has 2 aliphatic rings. The Balaban J connectivity index is 1.20. The second kappa shape index (κ2) is 8.02. The first-order chi connectivity index (χ1) is 14.7. The standard InChI is InChI=1S/C22H23N5O2S/c28-20-12-25-21-17(27(20)13-14-7-8-14)10-15(11-24-21)22(29)23-9-3-6-19-26-16-4-1-2-5-18(16)30-19/h1-2,4-5,10-11,14H,3,6-9,12-13H2,(H,23,29)(H,24,25). The number of anilines is 2. The number of nitrogens with one attached hydrogen (secondary N) is 2. The van der Waals surface area contributed by atoms with E-state index in [1.54, 1.807) is 28.5 Å². The van der Waals surface area contributed by atoms with E-state index in [1.807, 2.05) is 18.2 Å². The van der Waals surface area contributed by atoms with E-state index in [-0.39, 0.29) is 18.4 Å². The Hall–Kier alpha value is -3.00. The zero-order chi connectivity index (χ0) is 20.5. The molecule has 1 aliphatic heterocycles. The lowest BCUT2D eigenvalue weighted by molar-refractivity contribution is -0.117. The van der Waals surface area contributed by atoms with Gasteiger partial charge in [0.15, 0.2) is 0 Å². The highest BCUT2D eigenvalue weighted by Gasteiger charge is 2.32. The summed E-state index contributed by atoms with van der Waals surface area (Å²) in [6, 6.07) is 9.89. The number of pyridine rings is 1. The third kappa shape index (κ3) is 4.00. The lowest BCUT2D eigenvalue weighted by Crippen LogP contribution is -2.41. The summed E-state index contributed by atoms with van der Waals surface area (Å²) in [6.07, 6.45) is 5.54. The number of para-hydroxylation sites is 1. The van der Waals surface area contributed by atoms with E-state index in [9.17, 15) is 9.59 Å². The number of amides is 2. The van der Waals surface area contributed by atoms with Crippen LogP contribution in [-0.4, -0.2) is 41.4 Å². The van der Waals surface area contributed by atoms with Gasteiger partial charge in [-0.1, -0.05) is 12.1 Å². The second-order valence-corrected chi connectivity index (χ2v) is 8.94. The number of fused-ring (bicyclic) bond motifs is 2. The van der Waals surface area contributed by atoms with Gasteiger partial charge in [0.2, 0.25) is 5.91 Å². The number of nitrogens with zero attached hydrogens (tertiary/aromatic N) is 3. The largest absolute Gasteiger partial charge is 0.359 e. The number of carbonyl (C=O) groups excluding carboxylic acids is 2. The van der Waals surface area contributed by atoms with Gasteiger partial charge in [-0.25, -0.2) is 9.97 Å². The molecule has 2 aromatic heterocycles. The van der Waals surface area contributed by atoms with Crippen LogP contribution in [-0.2, 0) is 11.2 Å². The molecule has 7 nitrogen and oxygen atoms in total. The summed E-state index contributed by atoms with van der Waals surface area (Å²) in [6.45, 7) is 1.53. The molecule has 0 radical (unpaired) electrons. The molecule has 1 aromatic carbocycles. The topological polar surface area (TPSA) is 87.2 Å². The van der Waals surface area contributed by atoms with Gasteiger partial charge in [0.05, 0.1) is 33.0 Å². The maximum Gasteiger partial charge on any atom is 0.252 e. The van der Waals surface area contributed by atoms with Crippen LogP contribution in [0.5, 0.6) is 0 Å². The molecule has 1 saturated carbocycles. The van der Waals surface area contributed by atoms with E-state index in [0.717, 1.165) is 36.2 Å². The average Bonchev–Trinajstić information content (AvgIpc) is 3.49.